The Labute approximate surface area is 130 Å². The third kappa shape index (κ3) is 1.68. The first kappa shape index (κ1) is 12.5. The Morgan fingerprint density at radius 1 is 1.22 bits per heavy atom. The number of aromatic amines is 1. The molecule has 0 unspecified atom stereocenters. The van der Waals surface area contributed by atoms with Gasteiger partial charge in [-0.1, -0.05) is 0 Å². The van der Waals surface area contributed by atoms with Crippen LogP contribution in [-0.2, 0) is 6.54 Å². The fourth-order valence-corrected chi connectivity index (χ4v) is 3.16. The molecule has 1 N–H and O–H groups in total. The normalized spacial score (nSPS) is 15.7. The Morgan fingerprint density at radius 3 is 3.09 bits per heavy atom. The number of hydrogen-bond donors (Lipinski definition) is 1. The van der Waals surface area contributed by atoms with Crippen molar-refractivity contribution in [2.45, 2.75) is 13.0 Å². The van der Waals surface area contributed by atoms with Crippen molar-refractivity contribution < 1.29 is 4.39 Å². The zero-order valence-corrected chi connectivity index (χ0v) is 12.1. The second-order valence-corrected chi connectivity index (χ2v) is 5.51. The number of aliphatic imine (C=N–C) groups is 1. The number of anilines is 1. The van der Waals surface area contributed by atoms with Crippen molar-refractivity contribution in [1.29, 1.82) is 0 Å². The van der Waals surface area contributed by atoms with Crippen LogP contribution in [0.2, 0.25) is 0 Å². The molecule has 0 radical (unpaired) electrons. The Hall–Kier alpha value is -3.03. The molecule has 5 heterocycles. The van der Waals surface area contributed by atoms with Crippen molar-refractivity contribution in [2.75, 3.05) is 11.4 Å². The number of aryl methyl sites for hydroxylation is 1. The predicted molar refractivity (Wildman–Crippen MR) is 82.2 cm³/mol. The summed E-state index contributed by atoms with van der Waals surface area (Å²) in [5.41, 5.74) is 2.62. The molecule has 23 heavy (non-hydrogen) atoms. The van der Waals surface area contributed by atoms with Crippen LogP contribution in [0.3, 0.4) is 0 Å². The molecule has 0 aromatic carbocycles. The largest absolute Gasteiger partial charge is 0.309 e. The third-order valence-electron chi connectivity index (χ3n) is 4.16. The Bertz CT molecular complexity index is 939. The minimum atomic E-state index is -0.392. The van der Waals surface area contributed by atoms with E-state index in [1.54, 1.807) is 24.7 Å². The predicted octanol–water partition coefficient (Wildman–Crippen LogP) is 2.11. The van der Waals surface area contributed by atoms with Gasteiger partial charge in [0, 0.05) is 19.3 Å². The van der Waals surface area contributed by atoms with Gasteiger partial charge < -0.3 is 4.90 Å². The molecular weight excluding hydrogens is 297 g/mol. The number of halogens is 1. The van der Waals surface area contributed by atoms with E-state index in [0.29, 0.717) is 11.5 Å². The number of H-pyrrole nitrogens is 1. The van der Waals surface area contributed by atoms with E-state index in [0.717, 1.165) is 36.6 Å². The van der Waals surface area contributed by atoms with E-state index in [9.17, 15) is 4.39 Å². The summed E-state index contributed by atoms with van der Waals surface area (Å²) in [5.74, 6) is 1.00. The third-order valence-corrected chi connectivity index (χ3v) is 4.16. The van der Waals surface area contributed by atoms with Crippen molar-refractivity contribution in [1.82, 2.24) is 25.0 Å². The molecule has 8 heteroatoms. The van der Waals surface area contributed by atoms with E-state index in [1.807, 2.05) is 9.58 Å². The lowest BCUT2D eigenvalue weighted by Crippen LogP contribution is -2.39. The second-order valence-electron chi connectivity index (χ2n) is 5.51. The Morgan fingerprint density at radius 2 is 2.17 bits per heavy atom. The first-order valence-electron chi connectivity index (χ1n) is 7.39. The maximum absolute atomic E-state index is 14.3. The highest BCUT2D eigenvalue weighted by Gasteiger charge is 2.32. The molecule has 2 aliphatic rings. The van der Waals surface area contributed by atoms with Crippen LogP contribution < -0.4 is 4.90 Å². The summed E-state index contributed by atoms with van der Waals surface area (Å²) in [6.07, 6.45) is 5.93. The van der Waals surface area contributed by atoms with E-state index in [1.165, 1.54) is 6.07 Å². The molecule has 0 saturated heterocycles. The van der Waals surface area contributed by atoms with Crippen molar-refractivity contribution in [3.05, 3.63) is 42.2 Å². The van der Waals surface area contributed by atoms with E-state index in [4.69, 9.17) is 0 Å². The number of nitrogens with one attached hydrogen (secondary N) is 1. The van der Waals surface area contributed by atoms with Crippen LogP contribution in [0.4, 0.5) is 15.9 Å². The standard InChI is InChI=1S/C15H12FN7/c16-10-3-1-4-17-13(10)14-20-11-8-18-21-12(11)9-7-19-23-6-2-5-22(14)15(9)23/h1,3-4,7-8H,2,5-6H2,(H,18,21). The van der Waals surface area contributed by atoms with Gasteiger partial charge in [0.25, 0.3) is 0 Å². The van der Waals surface area contributed by atoms with Gasteiger partial charge in [-0.25, -0.2) is 19.0 Å². The zero-order valence-electron chi connectivity index (χ0n) is 12.1. The van der Waals surface area contributed by atoms with Crippen LogP contribution in [-0.4, -0.2) is 37.3 Å². The monoisotopic (exact) mass is 309 g/mol. The molecule has 3 aromatic heterocycles. The zero-order chi connectivity index (χ0) is 15.4. The molecule has 0 spiro atoms. The van der Waals surface area contributed by atoms with Crippen LogP contribution in [0.1, 0.15) is 12.1 Å². The maximum atomic E-state index is 14.3. The molecule has 3 aromatic rings. The van der Waals surface area contributed by atoms with Crippen LogP contribution >= 0.6 is 0 Å². The number of rotatable bonds is 1. The van der Waals surface area contributed by atoms with Gasteiger partial charge in [-0.05, 0) is 18.6 Å². The highest BCUT2D eigenvalue weighted by molar-refractivity contribution is 6.13. The van der Waals surface area contributed by atoms with E-state index in [2.05, 4.69) is 25.3 Å². The fourth-order valence-electron chi connectivity index (χ4n) is 3.16. The van der Waals surface area contributed by atoms with Crippen molar-refractivity contribution in [2.24, 2.45) is 4.99 Å². The quantitative estimate of drug-likeness (QED) is 0.747. The summed E-state index contributed by atoms with van der Waals surface area (Å²) < 4.78 is 16.2. The summed E-state index contributed by atoms with van der Waals surface area (Å²) in [5, 5.41) is 11.5. The Kier molecular flexibility index (Phi) is 2.44. The molecular formula is C15H12FN7. The molecule has 2 aliphatic heterocycles. The smallest absolute Gasteiger partial charge is 0.164 e. The number of aromatic nitrogens is 5. The molecule has 114 valence electrons. The van der Waals surface area contributed by atoms with Gasteiger partial charge in [0.2, 0.25) is 0 Å². The van der Waals surface area contributed by atoms with Gasteiger partial charge in [-0.15, -0.1) is 0 Å². The summed E-state index contributed by atoms with van der Waals surface area (Å²) in [7, 11) is 0. The fraction of sp³-hybridized carbons (Fsp3) is 0.200. The molecule has 0 fully saturated rings. The van der Waals surface area contributed by atoms with Crippen molar-refractivity contribution in [3.63, 3.8) is 0 Å². The second kappa shape index (κ2) is 4.48. The summed E-state index contributed by atoms with van der Waals surface area (Å²) in [6.45, 7) is 1.57. The van der Waals surface area contributed by atoms with Crippen LogP contribution in [0.15, 0.2) is 35.7 Å². The van der Waals surface area contributed by atoms with Crippen LogP contribution in [0.5, 0.6) is 0 Å². The van der Waals surface area contributed by atoms with Gasteiger partial charge in [0.15, 0.2) is 11.7 Å². The molecule has 0 aliphatic carbocycles. The molecule has 0 saturated carbocycles. The number of pyridine rings is 1. The first-order valence-corrected chi connectivity index (χ1v) is 7.39. The summed E-state index contributed by atoms with van der Waals surface area (Å²) in [4.78, 5) is 10.8. The number of fused-ring (bicyclic) bond motifs is 2. The molecule has 0 amide bonds. The topological polar surface area (TPSA) is 75.0 Å². The molecule has 0 bridgehead atoms. The van der Waals surface area contributed by atoms with E-state index >= 15 is 0 Å². The molecule has 5 rings (SSSR count). The van der Waals surface area contributed by atoms with Gasteiger partial charge >= 0.3 is 0 Å². The summed E-state index contributed by atoms with van der Waals surface area (Å²) >= 11 is 0. The minimum Gasteiger partial charge on any atom is -0.309 e. The highest BCUT2D eigenvalue weighted by atomic mass is 19.1. The van der Waals surface area contributed by atoms with Crippen LogP contribution in [0, 0.1) is 5.82 Å². The Balaban J connectivity index is 1.83. The van der Waals surface area contributed by atoms with Gasteiger partial charge in [-0.3, -0.25) is 5.10 Å². The van der Waals surface area contributed by atoms with Crippen molar-refractivity contribution >= 4 is 17.3 Å². The van der Waals surface area contributed by atoms with Crippen LogP contribution in [0.25, 0.3) is 11.3 Å². The number of hydrogen-bond acceptors (Lipinski definition) is 5. The lowest BCUT2D eigenvalue weighted by molar-refractivity contribution is 0.545. The number of nitrogens with zero attached hydrogens (tertiary/aromatic N) is 6. The van der Waals surface area contributed by atoms with Gasteiger partial charge in [-0.2, -0.15) is 10.2 Å². The minimum absolute atomic E-state index is 0.238. The first-order chi connectivity index (χ1) is 11.3. The highest BCUT2D eigenvalue weighted by Crippen LogP contribution is 2.40. The SMILES string of the molecule is Fc1cccnc1C1=Nc2cn[nH]c2-c2cnn3c2N1CCC3. The average molecular weight is 309 g/mol. The maximum Gasteiger partial charge on any atom is 0.164 e. The molecule has 7 nitrogen and oxygen atoms in total. The lowest BCUT2D eigenvalue weighted by Gasteiger charge is -2.30. The van der Waals surface area contributed by atoms with E-state index < -0.39 is 5.82 Å². The lowest BCUT2D eigenvalue weighted by atomic mass is 10.2. The van der Waals surface area contributed by atoms with Gasteiger partial charge in [0.1, 0.15) is 17.2 Å². The van der Waals surface area contributed by atoms with E-state index in [-0.39, 0.29) is 5.69 Å². The van der Waals surface area contributed by atoms with Crippen molar-refractivity contribution in [3.8, 4) is 11.3 Å². The molecule has 0 atom stereocenters. The summed E-state index contributed by atoms with van der Waals surface area (Å²) in [6, 6.07) is 2.97. The van der Waals surface area contributed by atoms with Gasteiger partial charge in [0.05, 0.1) is 23.7 Å². The average Bonchev–Trinajstić information content (AvgIpc) is 3.16. The number of amidine groups is 1.